The first-order valence-electron chi connectivity index (χ1n) is 9.69. The van der Waals surface area contributed by atoms with Gasteiger partial charge in [0.05, 0.1) is 24.2 Å². The second-order valence-electron chi connectivity index (χ2n) is 7.05. The molecule has 0 bridgehead atoms. The molecular formula is C23H26N2O2. The van der Waals surface area contributed by atoms with Crippen LogP contribution in [0.4, 0.5) is 0 Å². The Hall–Kier alpha value is -2.64. The van der Waals surface area contributed by atoms with E-state index in [1.165, 1.54) is 5.56 Å². The average molecular weight is 362 g/mol. The zero-order valence-corrected chi connectivity index (χ0v) is 15.8. The maximum Gasteiger partial charge on any atom is 0.308 e. The highest BCUT2D eigenvalue weighted by molar-refractivity contribution is 5.72. The summed E-state index contributed by atoms with van der Waals surface area (Å²) in [5.74, 6) is -0.0226. The highest BCUT2D eigenvalue weighted by atomic mass is 16.5. The third-order valence-corrected chi connectivity index (χ3v) is 5.20. The van der Waals surface area contributed by atoms with Gasteiger partial charge in [0, 0.05) is 12.6 Å². The normalized spacial score (nSPS) is 19.3. The lowest BCUT2D eigenvalue weighted by Crippen LogP contribution is -2.36. The first kappa shape index (κ1) is 19.1. The fourth-order valence-corrected chi connectivity index (χ4v) is 3.75. The first-order valence-corrected chi connectivity index (χ1v) is 9.69. The molecule has 1 aliphatic rings. The molecule has 2 atom stereocenters. The molecule has 140 valence electrons. The minimum Gasteiger partial charge on any atom is -0.466 e. The van der Waals surface area contributed by atoms with Gasteiger partial charge in [-0.2, -0.15) is 5.26 Å². The predicted molar refractivity (Wildman–Crippen MR) is 106 cm³/mol. The van der Waals surface area contributed by atoms with Crippen LogP contribution < -0.4 is 5.32 Å². The Labute approximate surface area is 161 Å². The first-order chi connectivity index (χ1) is 13.2. The van der Waals surface area contributed by atoms with Crippen LogP contribution in [-0.2, 0) is 16.1 Å². The summed E-state index contributed by atoms with van der Waals surface area (Å²) in [5.41, 5.74) is 3.90. The number of benzene rings is 2. The van der Waals surface area contributed by atoms with Gasteiger partial charge in [-0.3, -0.25) is 4.79 Å². The molecule has 1 fully saturated rings. The molecule has 2 aromatic rings. The molecule has 0 spiro atoms. The zero-order valence-electron chi connectivity index (χ0n) is 15.8. The molecule has 0 saturated heterocycles. The van der Waals surface area contributed by atoms with Gasteiger partial charge in [0.25, 0.3) is 0 Å². The monoisotopic (exact) mass is 362 g/mol. The van der Waals surface area contributed by atoms with E-state index in [4.69, 9.17) is 4.74 Å². The Morgan fingerprint density at radius 1 is 1.19 bits per heavy atom. The number of esters is 1. The van der Waals surface area contributed by atoms with Gasteiger partial charge >= 0.3 is 5.97 Å². The van der Waals surface area contributed by atoms with Crippen molar-refractivity contribution in [2.45, 2.75) is 45.2 Å². The summed E-state index contributed by atoms with van der Waals surface area (Å²) < 4.78 is 5.18. The number of nitrogens with zero attached hydrogens (tertiary/aromatic N) is 1. The minimum absolute atomic E-state index is 0.0288. The fraction of sp³-hybridized carbons (Fsp3) is 0.391. The van der Waals surface area contributed by atoms with E-state index in [0.29, 0.717) is 18.2 Å². The Bertz CT molecular complexity index is 808. The van der Waals surface area contributed by atoms with Gasteiger partial charge in [-0.05, 0) is 48.9 Å². The third kappa shape index (κ3) is 4.96. The maximum atomic E-state index is 12.0. The molecule has 0 amide bonds. The van der Waals surface area contributed by atoms with Gasteiger partial charge < -0.3 is 10.1 Å². The van der Waals surface area contributed by atoms with Gasteiger partial charge in [0.1, 0.15) is 0 Å². The second-order valence-corrected chi connectivity index (χ2v) is 7.05. The molecule has 0 radical (unpaired) electrons. The lowest BCUT2D eigenvalue weighted by atomic mass is 9.85. The summed E-state index contributed by atoms with van der Waals surface area (Å²) in [4.78, 5) is 12.0. The van der Waals surface area contributed by atoms with Crippen LogP contribution in [-0.4, -0.2) is 18.6 Å². The van der Waals surface area contributed by atoms with Crippen molar-refractivity contribution < 1.29 is 9.53 Å². The van der Waals surface area contributed by atoms with E-state index in [9.17, 15) is 10.1 Å². The zero-order chi connectivity index (χ0) is 19.1. The molecule has 2 aromatic carbocycles. The highest BCUT2D eigenvalue weighted by Crippen LogP contribution is 2.26. The van der Waals surface area contributed by atoms with Crippen LogP contribution in [0, 0.1) is 17.2 Å². The van der Waals surface area contributed by atoms with E-state index < -0.39 is 0 Å². The van der Waals surface area contributed by atoms with E-state index >= 15 is 0 Å². The lowest BCUT2D eigenvalue weighted by Gasteiger charge is -2.28. The van der Waals surface area contributed by atoms with Crippen molar-refractivity contribution in [3.8, 4) is 17.2 Å². The molecule has 3 rings (SSSR count). The smallest absolute Gasteiger partial charge is 0.308 e. The Kier molecular flexibility index (Phi) is 6.62. The van der Waals surface area contributed by atoms with Crippen molar-refractivity contribution in [2.75, 3.05) is 6.61 Å². The largest absolute Gasteiger partial charge is 0.466 e. The number of nitriles is 1. The molecule has 1 saturated carbocycles. The molecule has 2 unspecified atom stereocenters. The van der Waals surface area contributed by atoms with E-state index in [-0.39, 0.29) is 11.9 Å². The molecule has 4 heteroatoms. The van der Waals surface area contributed by atoms with E-state index in [1.54, 1.807) is 0 Å². The Balaban J connectivity index is 1.57. The van der Waals surface area contributed by atoms with Crippen LogP contribution in [0.1, 0.15) is 43.7 Å². The van der Waals surface area contributed by atoms with Crippen molar-refractivity contribution in [1.29, 1.82) is 5.26 Å². The molecule has 0 heterocycles. The number of ether oxygens (including phenoxy) is 1. The predicted octanol–water partition coefficient (Wildman–Crippen LogP) is 4.44. The molecule has 0 aromatic heterocycles. The molecule has 1 N–H and O–H groups in total. The van der Waals surface area contributed by atoms with Gasteiger partial charge in [-0.25, -0.2) is 0 Å². The van der Waals surface area contributed by atoms with Crippen molar-refractivity contribution in [3.05, 3.63) is 59.7 Å². The topological polar surface area (TPSA) is 62.1 Å². The van der Waals surface area contributed by atoms with Crippen LogP contribution >= 0.6 is 0 Å². The molecular weight excluding hydrogens is 336 g/mol. The minimum atomic E-state index is -0.0514. The summed E-state index contributed by atoms with van der Waals surface area (Å²) in [6.07, 6.45) is 3.95. The quantitative estimate of drug-likeness (QED) is 0.772. The summed E-state index contributed by atoms with van der Waals surface area (Å²) in [6.45, 7) is 3.09. The summed E-state index contributed by atoms with van der Waals surface area (Å²) in [6, 6.07) is 18.6. The van der Waals surface area contributed by atoms with Gasteiger partial charge in [0.2, 0.25) is 0 Å². The number of rotatable bonds is 6. The molecule has 0 aliphatic heterocycles. The maximum absolute atomic E-state index is 12.0. The molecule has 27 heavy (non-hydrogen) atoms. The second kappa shape index (κ2) is 9.34. The van der Waals surface area contributed by atoms with Gasteiger partial charge in [-0.15, -0.1) is 0 Å². The number of carbonyl (C=O) groups excluding carboxylic acids is 1. The highest BCUT2D eigenvalue weighted by Gasteiger charge is 2.27. The average Bonchev–Trinajstić information content (AvgIpc) is 2.73. The SMILES string of the molecule is CCOC(=O)C1CCCC(NCc2ccc(-c3ccccc3C#N)cc2)C1. The van der Waals surface area contributed by atoms with Crippen LogP contribution in [0.3, 0.4) is 0 Å². The lowest BCUT2D eigenvalue weighted by molar-refractivity contribution is -0.149. The fourth-order valence-electron chi connectivity index (χ4n) is 3.75. The number of nitrogens with one attached hydrogen (secondary N) is 1. The Morgan fingerprint density at radius 2 is 1.96 bits per heavy atom. The standard InChI is InChI=1S/C23H26N2O2/c1-2-27-23(26)19-7-5-8-21(14-19)25-16-17-10-12-18(13-11-17)22-9-4-3-6-20(22)15-24/h3-4,6,9-13,19,21,25H,2,5,7-8,14,16H2,1H3. The van der Waals surface area contributed by atoms with Crippen LogP contribution in [0.5, 0.6) is 0 Å². The van der Waals surface area contributed by atoms with Crippen LogP contribution in [0.25, 0.3) is 11.1 Å². The molecule has 4 nitrogen and oxygen atoms in total. The summed E-state index contributed by atoms with van der Waals surface area (Å²) >= 11 is 0. The van der Waals surface area contributed by atoms with E-state index in [2.05, 4.69) is 35.7 Å². The number of hydrogen-bond acceptors (Lipinski definition) is 4. The van der Waals surface area contributed by atoms with Crippen molar-refractivity contribution in [1.82, 2.24) is 5.32 Å². The van der Waals surface area contributed by atoms with E-state index in [0.717, 1.165) is 43.4 Å². The Morgan fingerprint density at radius 3 is 2.70 bits per heavy atom. The van der Waals surface area contributed by atoms with Crippen LogP contribution in [0.15, 0.2) is 48.5 Å². The van der Waals surface area contributed by atoms with E-state index in [1.807, 2.05) is 31.2 Å². The van der Waals surface area contributed by atoms with Crippen molar-refractivity contribution in [3.63, 3.8) is 0 Å². The van der Waals surface area contributed by atoms with Crippen LogP contribution in [0.2, 0.25) is 0 Å². The van der Waals surface area contributed by atoms with Crippen molar-refractivity contribution in [2.24, 2.45) is 5.92 Å². The van der Waals surface area contributed by atoms with Gasteiger partial charge in [0.15, 0.2) is 0 Å². The third-order valence-electron chi connectivity index (χ3n) is 5.20. The van der Waals surface area contributed by atoms with Crippen molar-refractivity contribution >= 4 is 5.97 Å². The number of hydrogen-bond donors (Lipinski definition) is 1. The number of carbonyl (C=O) groups is 1. The summed E-state index contributed by atoms with van der Waals surface area (Å²) in [5, 5.41) is 12.9. The summed E-state index contributed by atoms with van der Waals surface area (Å²) in [7, 11) is 0. The molecule has 1 aliphatic carbocycles. The van der Waals surface area contributed by atoms with Gasteiger partial charge in [-0.1, -0.05) is 48.9 Å².